The first-order valence-corrected chi connectivity index (χ1v) is 9.95. The Morgan fingerprint density at radius 3 is 2.74 bits per heavy atom. The third-order valence-electron chi connectivity index (χ3n) is 5.73. The van der Waals surface area contributed by atoms with Crippen LogP contribution in [-0.2, 0) is 12.1 Å². The number of anilines is 1. The van der Waals surface area contributed by atoms with Crippen LogP contribution in [0.1, 0.15) is 30.7 Å². The number of methoxy groups -OCH3 is 1. The van der Waals surface area contributed by atoms with Crippen LogP contribution in [0.5, 0.6) is 5.75 Å². The predicted molar refractivity (Wildman–Crippen MR) is 110 cm³/mol. The van der Waals surface area contributed by atoms with E-state index in [1.807, 2.05) is 18.2 Å². The lowest BCUT2D eigenvalue weighted by atomic mass is 9.77. The molecule has 0 spiro atoms. The number of fused-ring (bicyclic) bond motifs is 1. The second kappa shape index (κ2) is 7.17. The molecule has 1 saturated carbocycles. The summed E-state index contributed by atoms with van der Waals surface area (Å²) in [6.45, 7) is 0.259. The van der Waals surface area contributed by atoms with Gasteiger partial charge in [0.2, 0.25) is 5.95 Å². The second-order valence-corrected chi connectivity index (χ2v) is 7.69. The predicted octanol–water partition coefficient (Wildman–Crippen LogP) is 1.42. The zero-order valence-electron chi connectivity index (χ0n) is 16.9. The molecule has 4 aromatic rings. The van der Waals surface area contributed by atoms with Gasteiger partial charge in [-0.2, -0.15) is 0 Å². The maximum atomic E-state index is 10.7. The van der Waals surface area contributed by atoms with Crippen LogP contribution in [-0.4, -0.2) is 42.4 Å². The molecule has 3 heterocycles. The van der Waals surface area contributed by atoms with Crippen molar-refractivity contribution in [3.05, 3.63) is 54.0 Å². The summed E-state index contributed by atoms with van der Waals surface area (Å²) in [5.41, 5.74) is 7.66. The van der Waals surface area contributed by atoms with Crippen molar-refractivity contribution in [3.63, 3.8) is 0 Å². The maximum absolute atomic E-state index is 10.7. The fraction of sp³-hybridized carbons (Fsp3) is 0.286. The molecule has 0 atom stereocenters. The Bertz CT molecular complexity index is 1280. The molecule has 0 saturated heterocycles. The third-order valence-corrected chi connectivity index (χ3v) is 5.73. The highest BCUT2D eigenvalue weighted by Crippen LogP contribution is 2.39. The normalized spacial score (nSPS) is 15.0. The molecule has 3 aromatic heterocycles. The van der Waals surface area contributed by atoms with E-state index in [0.717, 1.165) is 16.5 Å². The fourth-order valence-corrected chi connectivity index (χ4v) is 3.94. The lowest BCUT2D eigenvalue weighted by molar-refractivity contribution is -0.918. The first kappa shape index (κ1) is 19.2. The van der Waals surface area contributed by atoms with Crippen molar-refractivity contribution < 1.29 is 19.8 Å². The quantitative estimate of drug-likeness (QED) is 0.326. The highest BCUT2D eigenvalue weighted by atomic mass is 16.5. The molecule has 0 radical (unpaired) electrons. The summed E-state index contributed by atoms with van der Waals surface area (Å²) in [6.07, 6.45) is 3.94. The molecule has 0 aliphatic heterocycles. The fourth-order valence-electron chi connectivity index (χ4n) is 3.94. The highest BCUT2D eigenvalue weighted by molar-refractivity contribution is 5.95. The summed E-state index contributed by atoms with van der Waals surface area (Å²) in [5, 5.41) is 30.4. The summed E-state index contributed by atoms with van der Waals surface area (Å²) >= 11 is 0. The summed E-state index contributed by atoms with van der Waals surface area (Å²) in [6, 6.07) is 10.8. The number of aromatic nitrogens is 6. The number of para-hydroxylation sites is 1. The molecule has 158 valence electrons. The molecule has 4 N–H and O–H groups in total. The van der Waals surface area contributed by atoms with Crippen LogP contribution >= 0.6 is 0 Å². The van der Waals surface area contributed by atoms with Crippen LogP contribution < -0.4 is 15.2 Å². The molecule has 1 aliphatic rings. The molecular weight excluding hydrogens is 398 g/mol. The first-order valence-electron chi connectivity index (χ1n) is 9.95. The first-order chi connectivity index (χ1) is 15.0. The van der Waals surface area contributed by atoms with E-state index in [1.54, 1.807) is 36.2 Å². The largest absolute Gasteiger partial charge is 0.494 e. The van der Waals surface area contributed by atoms with Gasteiger partial charge in [0.15, 0.2) is 5.60 Å². The number of rotatable bonds is 5. The van der Waals surface area contributed by atoms with Crippen molar-refractivity contribution in [1.82, 2.24) is 25.0 Å². The van der Waals surface area contributed by atoms with Crippen molar-refractivity contribution >= 4 is 16.9 Å². The van der Waals surface area contributed by atoms with Gasteiger partial charge in [-0.05, 0) is 31.4 Å². The van der Waals surface area contributed by atoms with Crippen molar-refractivity contribution in [3.8, 4) is 17.1 Å². The van der Waals surface area contributed by atoms with Crippen molar-refractivity contribution in [2.45, 2.75) is 31.4 Å². The van der Waals surface area contributed by atoms with Gasteiger partial charge in [0, 0.05) is 22.2 Å². The minimum Gasteiger partial charge on any atom is -0.494 e. The molecule has 0 amide bonds. The van der Waals surface area contributed by atoms with E-state index in [9.17, 15) is 10.3 Å². The Hall–Kier alpha value is -3.79. The number of nitrogen functional groups attached to an aromatic ring is 1. The van der Waals surface area contributed by atoms with Gasteiger partial charge in [-0.1, -0.05) is 17.3 Å². The monoisotopic (exact) mass is 420 g/mol. The van der Waals surface area contributed by atoms with Crippen LogP contribution in [0.2, 0.25) is 0 Å². The van der Waals surface area contributed by atoms with Gasteiger partial charge in [-0.3, -0.25) is 5.21 Å². The van der Waals surface area contributed by atoms with Gasteiger partial charge in [-0.25, -0.2) is 14.6 Å². The van der Waals surface area contributed by atoms with Gasteiger partial charge >= 0.3 is 0 Å². The summed E-state index contributed by atoms with van der Waals surface area (Å²) in [7, 11) is 1.57. The van der Waals surface area contributed by atoms with Gasteiger partial charge < -0.3 is 15.6 Å². The van der Waals surface area contributed by atoms with Crippen molar-refractivity contribution in [1.29, 1.82) is 0 Å². The zero-order valence-corrected chi connectivity index (χ0v) is 16.9. The van der Waals surface area contributed by atoms with E-state index < -0.39 is 5.60 Å². The number of hydrogen-bond donors (Lipinski definition) is 3. The lowest BCUT2D eigenvalue weighted by Crippen LogP contribution is -2.50. The number of nitrogens with zero attached hydrogens (tertiary/aromatic N) is 6. The Morgan fingerprint density at radius 1 is 1.19 bits per heavy atom. The highest BCUT2D eigenvalue weighted by Gasteiger charge is 2.44. The van der Waals surface area contributed by atoms with E-state index in [-0.39, 0.29) is 12.5 Å². The van der Waals surface area contributed by atoms with Crippen molar-refractivity contribution in [2.75, 3.05) is 12.8 Å². The second-order valence-electron chi connectivity index (χ2n) is 7.69. The number of hydrogen-bond acceptors (Lipinski definition) is 8. The molecule has 10 nitrogen and oxygen atoms in total. The molecular formula is C21H22N7O3+. The van der Waals surface area contributed by atoms with Gasteiger partial charge in [0.1, 0.15) is 29.2 Å². The minimum absolute atomic E-state index is 0.108. The summed E-state index contributed by atoms with van der Waals surface area (Å²) in [4.78, 5) is 8.65. The summed E-state index contributed by atoms with van der Waals surface area (Å²) < 4.78 is 8.02. The third kappa shape index (κ3) is 3.21. The van der Waals surface area contributed by atoms with E-state index in [1.165, 1.54) is 0 Å². The van der Waals surface area contributed by atoms with Gasteiger partial charge in [0.25, 0.3) is 11.4 Å². The molecule has 0 unspecified atom stereocenters. The van der Waals surface area contributed by atoms with E-state index in [4.69, 9.17) is 10.5 Å². The minimum atomic E-state index is -0.977. The Labute approximate surface area is 177 Å². The van der Waals surface area contributed by atoms with Crippen LogP contribution in [0.15, 0.2) is 42.6 Å². The molecule has 0 bridgehead atoms. The van der Waals surface area contributed by atoms with Crippen LogP contribution in [0, 0.1) is 0 Å². The number of benzene rings is 1. The molecule has 1 aliphatic carbocycles. The number of aliphatic hydroxyl groups is 1. The molecule has 31 heavy (non-hydrogen) atoms. The van der Waals surface area contributed by atoms with Gasteiger partial charge in [-0.15, -0.1) is 5.10 Å². The zero-order chi connectivity index (χ0) is 21.6. The smallest absolute Gasteiger partial charge is 0.265 e. The van der Waals surface area contributed by atoms with Crippen LogP contribution in [0.4, 0.5) is 5.95 Å². The van der Waals surface area contributed by atoms with Crippen LogP contribution in [0.25, 0.3) is 22.3 Å². The number of ether oxygens (including phenoxy) is 1. The Morgan fingerprint density at radius 2 is 2.00 bits per heavy atom. The van der Waals surface area contributed by atoms with Crippen molar-refractivity contribution in [2.24, 2.45) is 0 Å². The number of pyridine rings is 1. The standard InChI is InChI=1S/C21H22N7O3/c1-31-16-7-3-6-14-18(23-20(22)24-19(14)16)15-12-27(26-25-15)11-13-5-2-8-17(28(13)30)21(29)9-4-10-21/h2-3,5-8,12,29-30H,4,9-11H2,1H3,(H2,22,23,24)/q+1. The molecule has 10 heteroatoms. The molecule has 5 rings (SSSR count). The average molecular weight is 420 g/mol. The number of nitrogens with two attached hydrogens (primary N) is 1. The molecule has 1 fully saturated rings. The van der Waals surface area contributed by atoms with E-state index >= 15 is 0 Å². The molecule has 1 aromatic carbocycles. The summed E-state index contributed by atoms with van der Waals surface area (Å²) in [5.74, 6) is 0.698. The topological polar surface area (TPSA) is 136 Å². The SMILES string of the molecule is COc1cccc2c(-c3cn(Cc4cccc(C5(O)CCC5)[n+]4O)nn3)nc(N)nc12. The van der Waals surface area contributed by atoms with Gasteiger partial charge in [0.05, 0.1) is 13.3 Å². The van der Waals surface area contributed by atoms with Crippen LogP contribution in [0.3, 0.4) is 0 Å². The van der Waals surface area contributed by atoms with E-state index in [0.29, 0.717) is 46.9 Å². The maximum Gasteiger partial charge on any atom is 0.265 e. The Kier molecular flexibility index (Phi) is 4.44. The Balaban J connectivity index is 1.50. The van der Waals surface area contributed by atoms with E-state index in [2.05, 4.69) is 20.3 Å². The lowest BCUT2D eigenvalue weighted by Gasteiger charge is -2.32. The average Bonchev–Trinajstić information content (AvgIpc) is 3.21.